The highest BCUT2D eigenvalue weighted by Gasteiger charge is 2.49. The van der Waals surface area contributed by atoms with E-state index in [1.54, 1.807) is 20.8 Å². The minimum absolute atomic E-state index is 0.464. The van der Waals surface area contributed by atoms with Gasteiger partial charge in [-0.1, -0.05) is 0 Å². The number of halogens is 1. The summed E-state index contributed by atoms with van der Waals surface area (Å²) >= 11 is -2.48. The van der Waals surface area contributed by atoms with Crippen molar-refractivity contribution in [3.63, 3.8) is 0 Å². The number of hydrogen-bond donors (Lipinski definition) is 1. The molecule has 0 aromatic carbocycles. The summed E-state index contributed by atoms with van der Waals surface area (Å²) in [6.07, 6.45) is -0.0280. The molecule has 1 atom stereocenters. The van der Waals surface area contributed by atoms with Gasteiger partial charge in [0.1, 0.15) is 12.3 Å². The summed E-state index contributed by atoms with van der Waals surface area (Å²) in [5.41, 5.74) is -1.91. The minimum atomic E-state index is -2.48. The van der Waals surface area contributed by atoms with Crippen LogP contribution in [0.15, 0.2) is 0 Å². The van der Waals surface area contributed by atoms with Gasteiger partial charge in [-0.2, -0.15) is 4.31 Å². The first kappa shape index (κ1) is 13.4. The molecule has 1 aliphatic carbocycles. The van der Waals surface area contributed by atoms with Gasteiger partial charge in [0.25, 0.3) is 11.3 Å². The minimum Gasteiger partial charge on any atom is -0.439 e. The van der Waals surface area contributed by atoms with E-state index in [-0.39, 0.29) is 0 Å². The second-order valence-electron chi connectivity index (χ2n) is 4.88. The number of alkyl halides is 1. The predicted octanol–water partition coefficient (Wildman–Crippen LogP) is 1.86. The Labute approximate surface area is 96.4 Å². The van der Waals surface area contributed by atoms with Crippen LogP contribution in [-0.4, -0.2) is 37.0 Å². The van der Waals surface area contributed by atoms with Crippen molar-refractivity contribution in [1.82, 2.24) is 4.31 Å². The Morgan fingerprint density at radius 1 is 1.56 bits per heavy atom. The van der Waals surface area contributed by atoms with E-state index >= 15 is 0 Å². The van der Waals surface area contributed by atoms with Crippen molar-refractivity contribution in [3.8, 4) is 0 Å². The Morgan fingerprint density at radius 2 is 2.06 bits per heavy atom. The normalized spacial score (nSPS) is 20.1. The summed E-state index contributed by atoms with van der Waals surface area (Å²) in [6, 6.07) is 0. The highest BCUT2D eigenvalue weighted by atomic mass is 32.2. The molecule has 7 heteroatoms. The first-order chi connectivity index (χ1) is 7.22. The van der Waals surface area contributed by atoms with Crippen LogP contribution in [0.25, 0.3) is 0 Å². The highest BCUT2D eigenvalue weighted by Crippen LogP contribution is 2.40. The lowest BCUT2D eigenvalue weighted by Crippen LogP contribution is -2.48. The zero-order valence-corrected chi connectivity index (χ0v) is 10.3. The molecular weight excluding hydrogens is 237 g/mol. The smallest absolute Gasteiger partial charge is 0.424 e. The number of ether oxygens (including phenoxy) is 1. The van der Waals surface area contributed by atoms with E-state index in [2.05, 4.69) is 0 Å². The molecule has 1 fully saturated rings. The molecule has 1 aliphatic rings. The van der Waals surface area contributed by atoms with Crippen LogP contribution in [0.3, 0.4) is 0 Å². The van der Waals surface area contributed by atoms with E-state index in [4.69, 9.17) is 9.29 Å². The lowest BCUT2D eigenvalue weighted by molar-refractivity contribution is 0.0397. The molecule has 16 heavy (non-hydrogen) atoms. The van der Waals surface area contributed by atoms with Crippen molar-refractivity contribution in [3.05, 3.63) is 0 Å². The molecule has 0 bridgehead atoms. The van der Waals surface area contributed by atoms with Crippen LogP contribution in [0, 0.1) is 0 Å². The molecule has 1 saturated carbocycles. The van der Waals surface area contributed by atoms with Crippen LogP contribution in [0.4, 0.5) is 9.18 Å². The van der Waals surface area contributed by atoms with Crippen LogP contribution in [0.2, 0.25) is 0 Å². The third-order valence-corrected chi connectivity index (χ3v) is 3.30. The Morgan fingerprint density at radius 3 is 2.31 bits per heavy atom. The van der Waals surface area contributed by atoms with E-state index in [0.717, 1.165) is 0 Å². The van der Waals surface area contributed by atoms with Crippen LogP contribution in [0.5, 0.6) is 0 Å². The van der Waals surface area contributed by atoms with Crippen LogP contribution in [-0.2, 0) is 16.0 Å². The summed E-state index contributed by atoms with van der Waals surface area (Å²) in [5.74, 6) is 0. The summed E-state index contributed by atoms with van der Waals surface area (Å²) in [5, 5.41) is 0. The second-order valence-corrected chi connectivity index (χ2v) is 5.71. The zero-order valence-electron chi connectivity index (χ0n) is 9.53. The van der Waals surface area contributed by atoms with Gasteiger partial charge in [-0.15, -0.1) is 0 Å². The van der Waals surface area contributed by atoms with Gasteiger partial charge in [0.05, 0.1) is 5.54 Å². The van der Waals surface area contributed by atoms with Crippen LogP contribution in [0.1, 0.15) is 33.6 Å². The average molecular weight is 253 g/mol. The summed E-state index contributed by atoms with van der Waals surface area (Å²) in [7, 11) is 0. The topological polar surface area (TPSA) is 66.8 Å². The van der Waals surface area contributed by atoms with Gasteiger partial charge in [-0.25, -0.2) is 13.4 Å². The van der Waals surface area contributed by atoms with Crippen LogP contribution < -0.4 is 0 Å². The van der Waals surface area contributed by atoms with Gasteiger partial charge in [-0.05, 0) is 33.6 Å². The predicted molar refractivity (Wildman–Crippen MR) is 56.8 cm³/mol. The Bertz CT molecular complexity index is 311. The van der Waals surface area contributed by atoms with Gasteiger partial charge >= 0.3 is 6.09 Å². The molecule has 5 nitrogen and oxygen atoms in total. The van der Waals surface area contributed by atoms with Crippen molar-refractivity contribution in [2.75, 3.05) is 6.67 Å². The fraction of sp³-hybridized carbons (Fsp3) is 0.889. The number of nitrogens with zero attached hydrogens (tertiary/aromatic N) is 1. The molecule has 0 aliphatic heterocycles. The molecule has 0 radical (unpaired) electrons. The maximum absolute atomic E-state index is 12.5. The number of amides is 1. The van der Waals surface area contributed by atoms with Crippen molar-refractivity contribution in [1.29, 1.82) is 0 Å². The van der Waals surface area contributed by atoms with Gasteiger partial charge in [0.15, 0.2) is 0 Å². The van der Waals surface area contributed by atoms with E-state index < -0.39 is 35.2 Å². The molecule has 0 spiro atoms. The maximum Gasteiger partial charge on any atom is 0.424 e. The molecule has 0 saturated heterocycles. The first-order valence-corrected chi connectivity index (χ1v) is 5.98. The van der Waals surface area contributed by atoms with Crippen molar-refractivity contribution in [2.24, 2.45) is 0 Å². The van der Waals surface area contributed by atoms with E-state index in [9.17, 15) is 13.4 Å². The van der Waals surface area contributed by atoms with Crippen LogP contribution >= 0.6 is 0 Å². The molecule has 0 aromatic rings. The number of rotatable bonds is 3. The molecule has 0 aromatic heterocycles. The number of carbonyl (C=O) groups is 1. The Kier molecular flexibility index (Phi) is 3.59. The lowest BCUT2D eigenvalue weighted by atomic mass is 10.1. The standard InChI is InChI=1S/C9H16FNO4S/c1-8(2,3)11(16(13)14)7(12)15-9(6-10)4-5-9/h4-6H2,1-3H3,(H,13,14). The monoisotopic (exact) mass is 253 g/mol. The molecule has 1 unspecified atom stereocenters. The quantitative estimate of drug-likeness (QED) is 0.780. The zero-order chi connectivity index (χ0) is 12.6. The highest BCUT2D eigenvalue weighted by molar-refractivity contribution is 7.77. The maximum atomic E-state index is 12.5. The average Bonchev–Trinajstić information content (AvgIpc) is 2.81. The summed E-state index contributed by atoms with van der Waals surface area (Å²) < 4.78 is 38.1. The van der Waals surface area contributed by atoms with E-state index in [1.165, 1.54) is 0 Å². The van der Waals surface area contributed by atoms with E-state index in [0.29, 0.717) is 17.1 Å². The number of carbonyl (C=O) groups excluding carboxylic acids is 1. The SMILES string of the molecule is CC(C)(C)N(C(=O)OC1(CF)CC1)S(=O)O. The molecular formula is C9H16FNO4S. The van der Waals surface area contributed by atoms with Gasteiger partial charge in [-0.3, -0.25) is 4.55 Å². The number of hydrogen-bond acceptors (Lipinski definition) is 3. The second kappa shape index (κ2) is 4.29. The summed E-state index contributed by atoms with van der Waals surface area (Å²) in [4.78, 5) is 11.6. The van der Waals surface area contributed by atoms with Crippen molar-refractivity contribution < 1.29 is 22.7 Å². The van der Waals surface area contributed by atoms with Gasteiger partial charge < -0.3 is 4.74 Å². The fourth-order valence-corrected chi connectivity index (χ4v) is 1.83. The Hall–Kier alpha value is -0.690. The Balaban J connectivity index is 2.73. The molecule has 1 rings (SSSR count). The molecule has 0 heterocycles. The molecule has 94 valence electrons. The van der Waals surface area contributed by atoms with Gasteiger partial charge in [0, 0.05) is 0 Å². The lowest BCUT2D eigenvalue weighted by Gasteiger charge is -2.31. The van der Waals surface area contributed by atoms with Crippen molar-refractivity contribution >= 4 is 17.4 Å². The summed E-state index contributed by atoms with van der Waals surface area (Å²) in [6.45, 7) is 4.03. The first-order valence-electron chi connectivity index (χ1n) is 4.92. The largest absolute Gasteiger partial charge is 0.439 e. The van der Waals surface area contributed by atoms with Gasteiger partial charge in [0.2, 0.25) is 0 Å². The van der Waals surface area contributed by atoms with Crippen molar-refractivity contribution in [2.45, 2.75) is 44.8 Å². The van der Waals surface area contributed by atoms with E-state index in [1.807, 2.05) is 0 Å². The third-order valence-electron chi connectivity index (χ3n) is 2.29. The molecule has 1 N–H and O–H groups in total. The third kappa shape index (κ3) is 2.91. The molecule has 1 amide bonds. The fourth-order valence-electron chi connectivity index (χ4n) is 1.20.